The summed E-state index contributed by atoms with van der Waals surface area (Å²) in [6, 6.07) is 10.9. The number of hydrogen-bond acceptors (Lipinski definition) is 5. The minimum absolute atomic E-state index is 0.155. The van der Waals surface area contributed by atoms with Crippen LogP contribution in [0.15, 0.2) is 47.2 Å². The van der Waals surface area contributed by atoms with Crippen LogP contribution in [-0.2, 0) is 6.42 Å². The van der Waals surface area contributed by atoms with Gasteiger partial charge in [-0.05, 0) is 35.6 Å². The second kappa shape index (κ2) is 6.72. The van der Waals surface area contributed by atoms with E-state index in [9.17, 15) is 9.90 Å². The summed E-state index contributed by atoms with van der Waals surface area (Å²) >= 11 is 3.09. The first-order valence-corrected chi connectivity index (χ1v) is 8.54. The molecule has 0 saturated heterocycles. The largest absolute Gasteiger partial charge is 0.508 e. The fourth-order valence-corrected chi connectivity index (χ4v) is 3.58. The average Bonchev–Trinajstić information content (AvgIpc) is 3.20. The van der Waals surface area contributed by atoms with Gasteiger partial charge < -0.3 is 10.4 Å². The number of carbonyl (C=O) groups is 1. The van der Waals surface area contributed by atoms with E-state index >= 15 is 0 Å². The van der Waals surface area contributed by atoms with Crippen LogP contribution in [0.5, 0.6) is 5.75 Å². The molecule has 2 N–H and O–H groups in total. The van der Waals surface area contributed by atoms with Crippen molar-refractivity contribution < 1.29 is 9.90 Å². The molecule has 0 radical (unpaired) electrons. The molecule has 22 heavy (non-hydrogen) atoms. The molecule has 1 aromatic carbocycles. The molecular weight excluding hydrogens is 316 g/mol. The molecule has 0 aliphatic carbocycles. The van der Waals surface area contributed by atoms with Gasteiger partial charge in [0.1, 0.15) is 16.5 Å². The first-order chi connectivity index (χ1) is 10.7. The second-order valence-electron chi connectivity index (χ2n) is 4.69. The number of thiophene rings is 1. The molecular formula is C16H14N2O2S2. The summed E-state index contributed by atoms with van der Waals surface area (Å²) in [6.07, 6.45) is 0.716. The zero-order valence-electron chi connectivity index (χ0n) is 11.7. The van der Waals surface area contributed by atoms with Crippen LogP contribution in [0.1, 0.15) is 16.1 Å². The molecule has 0 bridgehead atoms. The number of hydrogen-bond donors (Lipinski definition) is 2. The van der Waals surface area contributed by atoms with Crippen LogP contribution < -0.4 is 5.32 Å². The summed E-state index contributed by atoms with van der Waals surface area (Å²) in [5.41, 5.74) is 1.52. The molecule has 4 nitrogen and oxygen atoms in total. The Kier molecular flexibility index (Phi) is 4.50. The van der Waals surface area contributed by atoms with Crippen LogP contribution in [-0.4, -0.2) is 22.5 Å². The minimum Gasteiger partial charge on any atom is -0.508 e. The third-order valence-corrected chi connectivity index (χ3v) is 4.99. The smallest absolute Gasteiger partial charge is 0.270 e. The quantitative estimate of drug-likeness (QED) is 0.752. The summed E-state index contributed by atoms with van der Waals surface area (Å²) in [5.74, 6) is 0.0919. The topological polar surface area (TPSA) is 62.2 Å². The number of benzene rings is 1. The molecule has 1 amide bonds. The van der Waals surface area contributed by atoms with Crippen LogP contribution in [0.2, 0.25) is 0 Å². The SMILES string of the molecule is O=C(NCCc1ccc(O)cc1)c1csc(-c2cccs2)n1. The van der Waals surface area contributed by atoms with Gasteiger partial charge in [-0.15, -0.1) is 22.7 Å². The highest BCUT2D eigenvalue weighted by Gasteiger charge is 2.11. The Morgan fingerprint density at radius 1 is 1.18 bits per heavy atom. The van der Waals surface area contributed by atoms with Gasteiger partial charge in [-0.3, -0.25) is 4.79 Å². The molecule has 2 heterocycles. The van der Waals surface area contributed by atoms with E-state index in [1.165, 1.54) is 11.3 Å². The summed E-state index contributed by atoms with van der Waals surface area (Å²) < 4.78 is 0. The lowest BCUT2D eigenvalue weighted by Gasteiger charge is -2.03. The zero-order valence-corrected chi connectivity index (χ0v) is 13.3. The highest BCUT2D eigenvalue weighted by Crippen LogP contribution is 2.27. The van der Waals surface area contributed by atoms with Crippen LogP contribution in [0, 0.1) is 0 Å². The van der Waals surface area contributed by atoms with Crippen molar-refractivity contribution in [3.63, 3.8) is 0 Å². The highest BCUT2D eigenvalue weighted by molar-refractivity contribution is 7.20. The minimum atomic E-state index is -0.155. The Labute approximate surface area is 136 Å². The second-order valence-corrected chi connectivity index (χ2v) is 6.49. The molecule has 3 rings (SSSR count). The van der Waals surface area contributed by atoms with Crippen molar-refractivity contribution >= 4 is 28.6 Å². The van der Waals surface area contributed by atoms with Crippen LogP contribution in [0.4, 0.5) is 0 Å². The lowest BCUT2D eigenvalue weighted by molar-refractivity contribution is 0.0950. The Bertz CT molecular complexity index is 749. The van der Waals surface area contributed by atoms with E-state index in [0.29, 0.717) is 18.7 Å². The summed E-state index contributed by atoms with van der Waals surface area (Å²) in [7, 11) is 0. The van der Waals surface area contributed by atoms with Gasteiger partial charge in [-0.2, -0.15) is 0 Å². The van der Waals surface area contributed by atoms with Gasteiger partial charge in [0, 0.05) is 11.9 Å². The maximum Gasteiger partial charge on any atom is 0.270 e. The Balaban J connectivity index is 1.55. The number of aromatic nitrogens is 1. The number of nitrogens with one attached hydrogen (secondary N) is 1. The maximum absolute atomic E-state index is 12.1. The van der Waals surface area contributed by atoms with Crippen LogP contribution >= 0.6 is 22.7 Å². The molecule has 0 unspecified atom stereocenters. The molecule has 0 saturated carbocycles. The molecule has 0 aliphatic heterocycles. The van der Waals surface area contributed by atoms with Crippen molar-refractivity contribution in [2.45, 2.75) is 6.42 Å². The van der Waals surface area contributed by atoms with E-state index in [1.807, 2.05) is 29.6 Å². The standard InChI is InChI=1S/C16H14N2O2S2/c19-12-5-3-11(4-6-12)7-8-17-15(20)13-10-22-16(18-13)14-2-1-9-21-14/h1-6,9-10,19H,7-8H2,(H,17,20). The highest BCUT2D eigenvalue weighted by atomic mass is 32.1. The molecule has 0 fully saturated rings. The van der Waals surface area contributed by atoms with Gasteiger partial charge >= 0.3 is 0 Å². The molecule has 2 aromatic heterocycles. The van der Waals surface area contributed by atoms with Crippen molar-refractivity contribution in [3.05, 3.63) is 58.4 Å². The summed E-state index contributed by atoms with van der Waals surface area (Å²) in [5, 5.41) is 16.7. The third kappa shape index (κ3) is 3.52. The van der Waals surface area contributed by atoms with E-state index < -0.39 is 0 Å². The Morgan fingerprint density at radius 2 is 2.00 bits per heavy atom. The molecule has 0 atom stereocenters. The van der Waals surface area contributed by atoms with Crippen molar-refractivity contribution in [1.82, 2.24) is 10.3 Å². The lowest BCUT2D eigenvalue weighted by Crippen LogP contribution is -2.25. The predicted molar refractivity (Wildman–Crippen MR) is 89.6 cm³/mol. The molecule has 0 aliphatic rings. The van der Waals surface area contributed by atoms with Gasteiger partial charge in [0.25, 0.3) is 5.91 Å². The van der Waals surface area contributed by atoms with E-state index in [2.05, 4.69) is 10.3 Å². The number of amides is 1. The van der Waals surface area contributed by atoms with Crippen LogP contribution in [0.3, 0.4) is 0 Å². The van der Waals surface area contributed by atoms with Gasteiger partial charge in [0.15, 0.2) is 0 Å². The van der Waals surface area contributed by atoms with E-state index in [-0.39, 0.29) is 11.7 Å². The average molecular weight is 330 g/mol. The molecule has 0 spiro atoms. The fraction of sp³-hybridized carbons (Fsp3) is 0.125. The van der Waals surface area contributed by atoms with E-state index in [0.717, 1.165) is 15.4 Å². The normalized spacial score (nSPS) is 10.5. The summed E-state index contributed by atoms with van der Waals surface area (Å²) in [4.78, 5) is 17.5. The number of rotatable bonds is 5. The molecule has 3 aromatic rings. The maximum atomic E-state index is 12.1. The molecule has 112 valence electrons. The van der Waals surface area contributed by atoms with Crippen LogP contribution in [0.25, 0.3) is 9.88 Å². The monoisotopic (exact) mass is 330 g/mol. The lowest BCUT2D eigenvalue weighted by atomic mass is 10.1. The van der Waals surface area contributed by atoms with Gasteiger partial charge in [0.2, 0.25) is 0 Å². The number of nitrogens with zero attached hydrogens (tertiary/aromatic N) is 1. The van der Waals surface area contributed by atoms with Gasteiger partial charge in [-0.1, -0.05) is 18.2 Å². The van der Waals surface area contributed by atoms with Crippen molar-refractivity contribution in [2.75, 3.05) is 6.54 Å². The first kappa shape index (κ1) is 14.7. The Hall–Kier alpha value is -2.18. The van der Waals surface area contributed by atoms with Crippen molar-refractivity contribution in [3.8, 4) is 15.6 Å². The van der Waals surface area contributed by atoms with E-state index in [1.54, 1.807) is 28.8 Å². The number of phenolic OH excluding ortho intramolecular Hbond substituents is 1. The number of carbonyl (C=O) groups excluding carboxylic acids is 1. The van der Waals surface area contributed by atoms with E-state index in [4.69, 9.17) is 0 Å². The third-order valence-electron chi connectivity index (χ3n) is 3.10. The predicted octanol–water partition coefficient (Wildman–Crippen LogP) is 3.55. The number of phenols is 1. The van der Waals surface area contributed by atoms with Gasteiger partial charge in [0.05, 0.1) is 4.88 Å². The van der Waals surface area contributed by atoms with Crippen molar-refractivity contribution in [2.24, 2.45) is 0 Å². The molecule has 6 heteroatoms. The number of thiazole rings is 1. The fourth-order valence-electron chi connectivity index (χ4n) is 1.96. The van der Waals surface area contributed by atoms with Gasteiger partial charge in [-0.25, -0.2) is 4.98 Å². The zero-order chi connectivity index (χ0) is 15.4. The van der Waals surface area contributed by atoms with Crippen molar-refractivity contribution in [1.29, 1.82) is 0 Å². The summed E-state index contributed by atoms with van der Waals surface area (Å²) in [6.45, 7) is 0.537. The first-order valence-electron chi connectivity index (χ1n) is 6.78. The Morgan fingerprint density at radius 3 is 2.73 bits per heavy atom. The number of aromatic hydroxyl groups is 1.